The van der Waals surface area contributed by atoms with Gasteiger partial charge in [0.05, 0.1) is 11.7 Å². The van der Waals surface area contributed by atoms with Gasteiger partial charge < -0.3 is 5.32 Å². The van der Waals surface area contributed by atoms with Crippen molar-refractivity contribution in [1.82, 2.24) is 10.3 Å². The minimum Gasteiger partial charge on any atom is -0.308 e. The summed E-state index contributed by atoms with van der Waals surface area (Å²) < 4.78 is 0. The number of benzene rings is 2. The first kappa shape index (κ1) is 13.8. The molecule has 0 radical (unpaired) electrons. The molecule has 1 N–H and O–H groups in total. The highest BCUT2D eigenvalue weighted by Crippen LogP contribution is 2.29. The van der Waals surface area contributed by atoms with Crippen LogP contribution in [0.2, 0.25) is 0 Å². The molecule has 0 bridgehead atoms. The Labute approximate surface area is 125 Å². The summed E-state index contributed by atoms with van der Waals surface area (Å²) in [6.07, 6.45) is 1.94. The zero-order chi connectivity index (χ0) is 14.8. The Hall–Kier alpha value is -2.19. The smallest absolute Gasteiger partial charge is 0.0757 e. The van der Waals surface area contributed by atoms with Crippen molar-refractivity contribution in [2.75, 3.05) is 7.05 Å². The van der Waals surface area contributed by atoms with Gasteiger partial charge in [-0.1, -0.05) is 48.5 Å². The number of nitrogens with one attached hydrogen (secondary N) is 1. The predicted molar refractivity (Wildman–Crippen MR) is 88.6 cm³/mol. The van der Waals surface area contributed by atoms with Gasteiger partial charge in [0, 0.05) is 6.20 Å². The molecule has 1 unspecified atom stereocenters. The first-order chi connectivity index (χ1) is 10.2. The lowest BCUT2D eigenvalue weighted by Gasteiger charge is -2.20. The first-order valence-corrected chi connectivity index (χ1v) is 7.29. The lowest BCUT2D eigenvalue weighted by molar-refractivity contribution is 0.670. The van der Waals surface area contributed by atoms with Crippen LogP contribution in [0.3, 0.4) is 0 Å². The molecule has 0 saturated carbocycles. The lowest BCUT2D eigenvalue weighted by Crippen LogP contribution is -2.20. The van der Waals surface area contributed by atoms with E-state index in [1.54, 1.807) is 0 Å². The molecular weight excluding hydrogens is 256 g/mol. The van der Waals surface area contributed by atoms with Crippen LogP contribution in [0, 0.1) is 13.8 Å². The van der Waals surface area contributed by atoms with E-state index in [2.05, 4.69) is 72.7 Å². The van der Waals surface area contributed by atoms with Gasteiger partial charge in [-0.3, -0.25) is 4.98 Å². The monoisotopic (exact) mass is 276 g/mol. The fourth-order valence-electron chi connectivity index (χ4n) is 2.97. The molecule has 3 rings (SSSR count). The highest BCUT2D eigenvalue weighted by atomic mass is 14.9. The second kappa shape index (κ2) is 5.66. The molecule has 106 valence electrons. The number of rotatable bonds is 3. The third kappa shape index (κ3) is 2.55. The van der Waals surface area contributed by atoms with Gasteiger partial charge in [0.25, 0.3) is 0 Å². The standard InChI is InChI=1S/C19H20N2/c1-13-11-14(2)18(21-12-13)19(20-3)17-10-6-8-15-7-4-5-9-16(15)17/h4-12,19-20H,1-3H3. The maximum Gasteiger partial charge on any atom is 0.0757 e. The van der Waals surface area contributed by atoms with Gasteiger partial charge in [0.2, 0.25) is 0 Å². The van der Waals surface area contributed by atoms with Crippen molar-refractivity contribution in [3.63, 3.8) is 0 Å². The van der Waals surface area contributed by atoms with Crippen LogP contribution < -0.4 is 5.32 Å². The van der Waals surface area contributed by atoms with Crippen LogP contribution >= 0.6 is 0 Å². The zero-order valence-corrected chi connectivity index (χ0v) is 12.7. The van der Waals surface area contributed by atoms with Crippen LogP contribution in [0.15, 0.2) is 54.7 Å². The van der Waals surface area contributed by atoms with Crippen molar-refractivity contribution in [3.8, 4) is 0 Å². The van der Waals surface area contributed by atoms with Gasteiger partial charge >= 0.3 is 0 Å². The maximum absolute atomic E-state index is 4.67. The van der Waals surface area contributed by atoms with Gasteiger partial charge in [0.1, 0.15) is 0 Å². The summed E-state index contributed by atoms with van der Waals surface area (Å²) in [6, 6.07) is 17.3. The van der Waals surface area contributed by atoms with Gasteiger partial charge in [-0.25, -0.2) is 0 Å². The second-order valence-electron chi connectivity index (χ2n) is 5.50. The largest absolute Gasteiger partial charge is 0.308 e. The molecule has 3 aromatic rings. The fraction of sp³-hybridized carbons (Fsp3) is 0.211. The number of nitrogens with zero attached hydrogens (tertiary/aromatic N) is 1. The number of aromatic nitrogens is 1. The van der Waals surface area contributed by atoms with Crippen molar-refractivity contribution in [2.24, 2.45) is 0 Å². The van der Waals surface area contributed by atoms with E-state index in [0.717, 1.165) is 5.69 Å². The first-order valence-electron chi connectivity index (χ1n) is 7.29. The van der Waals surface area contributed by atoms with Crippen molar-refractivity contribution < 1.29 is 0 Å². The molecule has 2 aromatic carbocycles. The van der Waals surface area contributed by atoms with Crippen LogP contribution in [0.5, 0.6) is 0 Å². The molecule has 1 atom stereocenters. The van der Waals surface area contributed by atoms with E-state index < -0.39 is 0 Å². The third-order valence-corrected chi connectivity index (χ3v) is 3.95. The predicted octanol–water partition coefficient (Wildman–Crippen LogP) is 4.16. The van der Waals surface area contributed by atoms with Crippen molar-refractivity contribution in [1.29, 1.82) is 0 Å². The molecule has 2 nitrogen and oxygen atoms in total. The maximum atomic E-state index is 4.67. The molecule has 1 heterocycles. The van der Waals surface area contributed by atoms with Crippen molar-refractivity contribution in [2.45, 2.75) is 19.9 Å². The average Bonchev–Trinajstić information content (AvgIpc) is 2.50. The summed E-state index contributed by atoms with van der Waals surface area (Å²) in [5, 5.41) is 5.97. The fourth-order valence-corrected chi connectivity index (χ4v) is 2.97. The Morgan fingerprint density at radius 3 is 2.52 bits per heavy atom. The van der Waals surface area contributed by atoms with E-state index in [4.69, 9.17) is 0 Å². The molecule has 0 aliphatic rings. The van der Waals surface area contributed by atoms with Crippen LogP contribution in [0.1, 0.15) is 28.4 Å². The van der Waals surface area contributed by atoms with Crippen LogP contribution in [-0.2, 0) is 0 Å². The number of aryl methyl sites for hydroxylation is 2. The summed E-state index contributed by atoms with van der Waals surface area (Å²) in [4.78, 5) is 4.67. The van der Waals surface area contributed by atoms with E-state index in [0.29, 0.717) is 0 Å². The SMILES string of the molecule is CNC(c1ncc(C)cc1C)c1cccc2ccccc12. The third-order valence-electron chi connectivity index (χ3n) is 3.95. The number of pyridine rings is 1. The Balaban J connectivity index is 2.18. The van der Waals surface area contributed by atoms with Crippen LogP contribution in [0.4, 0.5) is 0 Å². The molecule has 21 heavy (non-hydrogen) atoms. The molecule has 0 aliphatic carbocycles. The van der Waals surface area contributed by atoms with Crippen LogP contribution in [0.25, 0.3) is 10.8 Å². The van der Waals surface area contributed by atoms with Crippen molar-refractivity contribution >= 4 is 10.8 Å². The second-order valence-corrected chi connectivity index (χ2v) is 5.50. The molecule has 0 fully saturated rings. The molecule has 1 aromatic heterocycles. The molecule has 0 amide bonds. The van der Waals surface area contributed by atoms with E-state index in [-0.39, 0.29) is 6.04 Å². The van der Waals surface area contributed by atoms with E-state index in [1.807, 2.05) is 13.2 Å². The normalized spacial score (nSPS) is 12.5. The number of hydrogen-bond acceptors (Lipinski definition) is 2. The Kier molecular flexibility index (Phi) is 3.72. The Bertz CT molecular complexity index is 772. The summed E-state index contributed by atoms with van der Waals surface area (Å²) in [5.74, 6) is 0. The zero-order valence-electron chi connectivity index (χ0n) is 12.7. The lowest BCUT2D eigenvalue weighted by atomic mass is 9.94. The Morgan fingerprint density at radius 1 is 1.00 bits per heavy atom. The summed E-state index contributed by atoms with van der Waals surface area (Å²) in [6.45, 7) is 4.21. The molecule has 2 heteroatoms. The van der Waals surface area contributed by atoms with E-state index in [1.165, 1.54) is 27.5 Å². The van der Waals surface area contributed by atoms with Crippen molar-refractivity contribution in [3.05, 3.63) is 77.1 Å². The van der Waals surface area contributed by atoms with Crippen LogP contribution in [-0.4, -0.2) is 12.0 Å². The summed E-state index contributed by atoms with van der Waals surface area (Å²) in [7, 11) is 1.99. The quantitative estimate of drug-likeness (QED) is 0.777. The minimum atomic E-state index is 0.108. The van der Waals surface area contributed by atoms with Gasteiger partial charge in [0.15, 0.2) is 0 Å². The van der Waals surface area contributed by atoms with E-state index >= 15 is 0 Å². The van der Waals surface area contributed by atoms with Gasteiger partial charge in [-0.2, -0.15) is 0 Å². The minimum absolute atomic E-state index is 0.108. The molecule has 0 aliphatic heterocycles. The van der Waals surface area contributed by atoms with Gasteiger partial charge in [-0.05, 0) is 48.4 Å². The highest BCUT2D eigenvalue weighted by Gasteiger charge is 2.17. The molecule has 0 saturated heterocycles. The molecule has 0 spiro atoms. The Morgan fingerprint density at radius 2 is 1.76 bits per heavy atom. The number of hydrogen-bond donors (Lipinski definition) is 1. The highest BCUT2D eigenvalue weighted by molar-refractivity contribution is 5.86. The molecular formula is C19H20N2. The topological polar surface area (TPSA) is 24.9 Å². The number of fused-ring (bicyclic) bond motifs is 1. The summed E-state index contributed by atoms with van der Waals surface area (Å²) in [5.41, 5.74) is 4.79. The van der Waals surface area contributed by atoms with Gasteiger partial charge in [-0.15, -0.1) is 0 Å². The van der Waals surface area contributed by atoms with E-state index in [9.17, 15) is 0 Å². The summed E-state index contributed by atoms with van der Waals surface area (Å²) >= 11 is 0. The average molecular weight is 276 g/mol.